The molecule has 0 bridgehead atoms. The Morgan fingerprint density at radius 1 is 1.05 bits per heavy atom. The highest BCUT2D eigenvalue weighted by Crippen LogP contribution is 2.28. The van der Waals surface area contributed by atoms with Gasteiger partial charge in [-0.25, -0.2) is 8.42 Å². The fourth-order valence-electron chi connectivity index (χ4n) is 1.52. The van der Waals surface area contributed by atoms with Gasteiger partial charge >= 0.3 is 0 Å². The van der Waals surface area contributed by atoms with Crippen molar-refractivity contribution < 1.29 is 22.6 Å². The second kappa shape index (κ2) is 9.95. The van der Waals surface area contributed by atoms with E-state index in [4.69, 9.17) is 24.9 Å². The van der Waals surface area contributed by atoms with Gasteiger partial charge in [0.1, 0.15) is 0 Å². The van der Waals surface area contributed by atoms with E-state index in [1.807, 2.05) is 20.8 Å². The van der Waals surface area contributed by atoms with E-state index in [1.165, 1.54) is 0 Å². The lowest BCUT2D eigenvalue weighted by molar-refractivity contribution is 0.0337. The molecule has 0 spiro atoms. The minimum absolute atomic E-state index is 0.0671. The third kappa shape index (κ3) is 11.9. The van der Waals surface area contributed by atoms with Gasteiger partial charge in [-0.05, 0) is 11.8 Å². The Morgan fingerprint density at radius 3 is 2.15 bits per heavy atom. The van der Waals surface area contributed by atoms with Crippen LogP contribution in [0.3, 0.4) is 0 Å². The highest BCUT2D eigenvalue weighted by molar-refractivity contribution is 8.13. The zero-order chi connectivity index (χ0) is 15.6. The molecule has 0 amide bonds. The second-order valence-corrected chi connectivity index (χ2v) is 8.62. The van der Waals surface area contributed by atoms with Crippen LogP contribution in [-0.4, -0.2) is 54.3 Å². The summed E-state index contributed by atoms with van der Waals surface area (Å²) >= 11 is 0. The van der Waals surface area contributed by atoms with Crippen LogP contribution in [-0.2, 0) is 23.3 Å². The number of halogens is 1. The summed E-state index contributed by atoms with van der Waals surface area (Å²) in [5, 5.41) is 0. The molecule has 1 unspecified atom stereocenters. The van der Waals surface area contributed by atoms with Crippen LogP contribution in [0.1, 0.15) is 27.2 Å². The van der Waals surface area contributed by atoms with Crippen LogP contribution >= 0.6 is 10.7 Å². The summed E-state index contributed by atoms with van der Waals surface area (Å²) in [6.45, 7) is 8.64. The van der Waals surface area contributed by atoms with Crippen molar-refractivity contribution >= 4 is 19.7 Å². The number of hydrogen-bond donors (Lipinski definition) is 0. The lowest BCUT2D eigenvalue weighted by Crippen LogP contribution is -2.31. The molecule has 0 saturated heterocycles. The van der Waals surface area contributed by atoms with Gasteiger partial charge in [-0.2, -0.15) is 0 Å². The van der Waals surface area contributed by atoms with Gasteiger partial charge in [0.05, 0.1) is 25.6 Å². The minimum Gasteiger partial charge on any atom is -0.382 e. The Labute approximate surface area is 127 Å². The maximum atomic E-state index is 11.2. The summed E-state index contributed by atoms with van der Waals surface area (Å²) in [7, 11) is 3.45. The summed E-state index contributed by atoms with van der Waals surface area (Å²) in [5.74, 6) is -0.193. The van der Waals surface area contributed by atoms with E-state index in [1.54, 1.807) is 7.11 Å². The highest BCUT2D eigenvalue weighted by atomic mass is 35.7. The Balaban J connectivity index is 3.87. The van der Waals surface area contributed by atoms with Crippen LogP contribution in [0.15, 0.2) is 0 Å². The van der Waals surface area contributed by atoms with Crippen molar-refractivity contribution in [2.45, 2.75) is 27.2 Å². The molecule has 20 heavy (non-hydrogen) atoms. The normalized spacial score (nSPS) is 14.4. The lowest BCUT2D eigenvalue weighted by atomic mass is 9.82. The molecule has 7 heteroatoms. The van der Waals surface area contributed by atoms with E-state index in [0.29, 0.717) is 33.0 Å². The van der Waals surface area contributed by atoms with Gasteiger partial charge in [0.25, 0.3) is 0 Å². The SMILES string of the molecule is COCCOCCCOCC(CS(=O)(=O)Cl)C(C)(C)C. The Hall–Kier alpha value is 0.120. The van der Waals surface area contributed by atoms with Crippen LogP contribution in [0.5, 0.6) is 0 Å². The summed E-state index contributed by atoms with van der Waals surface area (Å²) in [5.41, 5.74) is -0.170. The van der Waals surface area contributed by atoms with E-state index >= 15 is 0 Å². The van der Waals surface area contributed by atoms with E-state index in [9.17, 15) is 8.42 Å². The maximum Gasteiger partial charge on any atom is 0.232 e. The average molecular weight is 331 g/mol. The fraction of sp³-hybridized carbons (Fsp3) is 1.00. The Morgan fingerprint density at radius 2 is 1.65 bits per heavy atom. The molecule has 0 aromatic heterocycles. The van der Waals surface area contributed by atoms with Gasteiger partial charge < -0.3 is 14.2 Å². The molecule has 0 aromatic rings. The van der Waals surface area contributed by atoms with Crippen molar-refractivity contribution in [3.63, 3.8) is 0 Å². The van der Waals surface area contributed by atoms with Gasteiger partial charge in [0.2, 0.25) is 9.05 Å². The van der Waals surface area contributed by atoms with Crippen molar-refractivity contribution in [3.05, 3.63) is 0 Å². The molecule has 0 N–H and O–H groups in total. The number of ether oxygens (including phenoxy) is 3. The van der Waals surface area contributed by atoms with Crippen LogP contribution < -0.4 is 0 Å². The molecule has 5 nitrogen and oxygen atoms in total. The van der Waals surface area contributed by atoms with Crippen LogP contribution in [0.25, 0.3) is 0 Å². The first-order chi connectivity index (χ1) is 9.17. The number of rotatable bonds is 11. The molecule has 0 fully saturated rings. The quantitative estimate of drug-likeness (QED) is 0.429. The number of hydrogen-bond acceptors (Lipinski definition) is 5. The first-order valence-corrected chi connectivity index (χ1v) is 9.21. The average Bonchev–Trinajstić information content (AvgIpc) is 2.28. The third-order valence-corrected chi connectivity index (χ3v) is 4.13. The smallest absolute Gasteiger partial charge is 0.232 e. The summed E-state index contributed by atoms with van der Waals surface area (Å²) in [6.07, 6.45) is 0.772. The molecular formula is C13H27ClO5S. The van der Waals surface area contributed by atoms with Crippen molar-refractivity contribution in [3.8, 4) is 0 Å². The van der Waals surface area contributed by atoms with E-state index in [2.05, 4.69) is 0 Å². The lowest BCUT2D eigenvalue weighted by Gasteiger charge is -2.29. The van der Waals surface area contributed by atoms with Gasteiger partial charge in [-0.15, -0.1) is 0 Å². The van der Waals surface area contributed by atoms with Gasteiger partial charge in [-0.1, -0.05) is 20.8 Å². The van der Waals surface area contributed by atoms with Crippen LogP contribution in [0, 0.1) is 11.3 Å². The molecule has 0 radical (unpaired) electrons. The highest BCUT2D eigenvalue weighted by Gasteiger charge is 2.29. The molecule has 0 rings (SSSR count). The summed E-state index contributed by atoms with van der Waals surface area (Å²) < 4.78 is 38.1. The zero-order valence-electron chi connectivity index (χ0n) is 12.9. The van der Waals surface area contributed by atoms with Crippen LogP contribution in [0.2, 0.25) is 0 Å². The third-order valence-electron chi connectivity index (χ3n) is 2.95. The maximum absolute atomic E-state index is 11.2. The van der Waals surface area contributed by atoms with Crippen molar-refractivity contribution in [2.24, 2.45) is 11.3 Å². The Kier molecular flexibility index (Phi) is 10.0. The topological polar surface area (TPSA) is 61.8 Å². The molecule has 0 heterocycles. The fourth-order valence-corrected chi connectivity index (χ4v) is 3.05. The molecule has 1 atom stereocenters. The zero-order valence-corrected chi connectivity index (χ0v) is 14.4. The van der Waals surface area contributed by atoms with E-state index in [0.717, 1.165) is 6.42 Å². The Bertz CT molecular complexity index is 337. The van der Waals surface area contributed by atoms with E-state index < -0.39 is 9.05 Å². The standard InChI is InChI=1S/C13H27ClO5S/c1-13(2,3)12(11-20(14,15)16)10-19-7-5-6-18-9-8-17-4/h12H,5-11H2,1-4H3. The second-order valence-electron chi connectivity index (χ2n) is 5.80. The first-order valence-electron chi connectivity index (χ1n) is 6.73. The minimum atomic E-state index is -3.51. The summed E-state index contributed by atoms with van der Waals surface area (Å²) in [6, 6.07) is 0. The monoisotopic (exact) mass is 330 g/mol. The van der Waals surface area contributed by atoms with Gasteiger partial charge in [0.15, 0.2) is 0 Å². The molecule has 0 aliphatic heterocycles. The van der Waals surface area contributed by atoms with Crippen molar-refractivity contribution in [2.75, 3.05) is 45.9 Å². The first kappa shape index (κ1) is 20.1. The number of methoxy groups -OCH3 is 1. The van der Waals surface area contributed by atoms with Crippen molar-refractivity contribution in [1.29, 1.82) is 0 Å². The molecule has 122 valence electrons. The molecule has 0 aliphatic rings. The largest absolute Gasteiger partial charge is 0.382 e. The molecule has 0 aliphatic carbocycles. The van der Waals surface area contributed by atoms with Crippen LogP contribution in [0.4, 0.5) is 0 Å². The summed E-state index contributed by atoms with van der Waals surface area (Å²) in [4.78, 5) is 0. The molecular weight excluding hydrogens is 304 g/mol. The van der Waals surface area contributed by atoms with Crippen molar-refractivity contribution in [1.82, 2.24) is 0 Å². The molecule has 0 aromatic carbocycles. The van der Waals surface area contributed by atoms with Gasteiger partial charge in [-0.3, -0.25) is 0 Å². The molecule has 0 saturated carbocycles. The van der Waals surface area contributed by atoms with Gasteiger partial charge in [0, 0.05) is 36.9 Å². The predicted molar refractivity (Wildman–Crippen MR) is 80.7 cm³/mol. The van der Waals surface area contributed by atoms with E-state index in [-0.39, 0.29) is 17.1 Å². The predicted octanol–water partition coefficient (Wildman–Crippen LogP) is 2.29.